The first kappa shape index (κ1) is 14.7. The van der Waals surface area contributed by atoms with Crippen molar-refractivity contribution in [3.63, 3.8) is 0 Å². The Morgan fingerprint density at radius 1 is 1.05 bits per heavy atom. The molecule has 0 amide bonds. The Morgan fingerprint density at radius 3 is 2.45 bits per heavy atom. The van der Waals surface area contributed by atoms with Crippen LogP contribution in [0, 0.1) is 0 Å². The van der Waals surface area contributed by atoms with Gasteiger partial charge in [0.25, 0.3) is 0 Å². The van der Waals surface area contributed by atoms with Crippen molar-refractivity contribution in [2.24, 2.45) is 5.73 Å². The Hall–Kier alpha value is -2.26. The van der Waals surface area contributed by atoms with E-state index in [2.05, 4.69) is 29.2 Å². The molecule has 0 atom stereocenters. The van der Waals surface area contributed by atoms with Gasteiger partial charge in [-0.25, -0.2) is 0 Å². The predicted octanol–water partition coefficient (Wildman–Crippen LogP) is 3.96. The molecule has 0 aliphatic carbocycles. The summed E-state index contributed by atoms with van der Waals surface area (Å²) in [7, 11) is 1.71. The van der Waals surface area contributed by atoms with Gasteiger partial charge in [-0.1, -0.05) is 36.4 Å². The van der Waals surface area contributed by atoms with Crippen LogP contribution in [-0.2, 0) is 12.0 Å². The maximum atomic E-state index is 6.44. The lowest BCUT2D eigenvalue weighted by Crippen LogP contribution is -2.29. The van der Waals surface area contributed by atoms with Crippen molar-refractivity contribution in [3.8, 4) is 5.75 Å². The van der Waals surface area contributed by atoms with Gasteiger partial charge in [0.05, 0.1) is 7.11 Å². The van der Waals surface area contributed by atoms with Crippen molar-refractivity contribution in [1.29, 1.82) is 0 Å². The molecule has 114 valence electrons. The zero-order chi connectivity index (χ0) is 15.7. The number of methoxy groups -OCH3 is 1. The van der Waals surface area contributed by atoms with E-state index in [-0.39, 0.29) is 0 Å². The van der Waals surface area contributed by atoms with Gasteiger partial charge in [-0.05, 0) is 31.5 Å². The minimum atomic E-state index is -0.406. The maximum Gasteiger partial charge on any atom is 0.122 e. The number of aromatic nitrogens is 1. The zero-order valence-electron chi connectivity index (χ0n) is 13.3. The number of ether oxygens (including phenoxy) is 1. The molecule has 0 aliphatic rings. The van der Waals surface area contributed by atoms with Crippen LogP contribution in [0.25, 0.3) is 10.9 Å². The van der Waals surface area contributed by atoms with Gasteiger partial charge < -0.3 is 15.5 Å². The van der Waals surface area contributed by atoms with Gasteiger partial charge in [-0.2, -0.15) is 0 Å². The number of aromatic amines is 1. The fourth-order valence-electron chi connectivity index (χ4n) is 3.11. The summed E-state index contributed by atoms with van der Waals surface area (Å²) in [4.78, 5) is 3.53. The monoisotopic (exact) mass is 294 g/mol. The number of rotatable bonds is 4. The van der Waals surface area contributed by atoms with E-state index in [0.717, 1.165) is 28.9 Å². The number of benzene rings is 2. The van der Waals surface area contributed by atoms with E-state index in [4.69, 9.17) is 10.5 Å². The molecular formula is C19H22N2O. The molecule has 3 N–H and O–H groups in total. The van der Waals surface area contributed by atoms with E-state index >= 15 is 0 Å². The molecule has 0 unspecified atom stereocenters. The first-order valence-electron chi connectivity index (χ1n) is 7.51. The van der Waals surface area contributed by atoms with Gasteiger partial charge in [0, 0.05) is 34.1 Å². The van der Waals surface area contributed by atoms with E-state index in [1.54, 1.807) is 7.11 Å². The van der Waals surface area contributed by atoms with E-state index < -0.39 is 5.54 Å². The highest BCUT2D eigenvalue weighted by Crippen LogP contribution is 2.33. The number of nitrogens with two attached hydrogens (primary N) is 1. The maximum absolute atomic E-state index is 6.44. The summed E-state index contributed by atoms with van der Waals surface area (Å²) in [5.74, 6) is 0.905. The Kier molecular flexibility index (Phi) is 3.67. The fraction of sp³-hybridized carbons (Fsp3) is 0.263. The molecule has 0 spiro atoms. The van der Waals surface area contributed by atoms with Gasteiger partial charge in [-0.3, -0.25) is 0 Å². The molecule has 2 aromatic carbocycles. The van der Waals surface area contributed by atoms with Gasteiger partial charge in [-0.15, -0.1) is 0 Å². The summed E-state index contributed by atoms with van der Waals surface area (Å²) >= 11 is 0. The SMILES string of the molecule is COc1ccccc1Cc1[nH]c2ccccc2c1C(C)(C)N. The standard InChI is InChI=1S/C19H22N2O/c1-19(2,20)18-14-9-5-6-10-15(14)21-16(18)12-13-8-4-7-11-17(13)22-3/h4-11,21H,12,20H2,1-3H3. The normalized spacial score (nSPS) is 11.8. The molecule has 3 nitrogen and oxygen atoms in total. The van der Waals surface area contributed by atoms with Crippen molar-refractivity contribution in [2.75, 3.05) is 7.11 Å². The molecule has 1 heterocycles. The van der Waals surface area contributed by atoms with E-state index in [9.17, 15) is 0 Å². The quantitative estimate of drug-likeness (QED) is 0.765. The van der Waals surface area contributed by atoms with Crippen LogP contribution >= 0.6 is 0 Å². The number of hydrogen-bond acceptors (Lipinski definition) is 2. The largest absolute Gasteiger partial charge is 0.496 e. The first-order chi connectivity index (χ1) is 10.5. The lowest BCUT2D eigenvalue weighted by molar-refractivity contribution is 0.410. The Labute approximate surface area is 131 Å². The summed E-state index contributed by atoms with van der Waals surface area (Å²) in [6, 6.07) is 16.4. The molecule has 0 saturated carbocycles. The highest BCUT2D eigenvalue weighted by atomic mass is 16.5. The number of nitrogens with one attached hydrogen (secondary N) is 1. The lowest BCUT2D eigenvalue weighted by Gasteiger charge is -2.21. The fourth-order valence-corrected chi connectivity index (χ4v) is 3.11. The molecule has 3 heteroatoms. The topological polar surface area (TPSA) is 51.0 Å². The Balaban J connectivity index is 2.14. The van der Waals surface area contributed by atoms with Crippen molar-refractivity contribution in [2.45, 2.75) is 25.8 Å². The Bertz CT molecular complexity index is 797. The van der Waals surface area contributed by atoms with Gasteiger partial charge in [0.2, 0.25) is 0 Å². The minimum Gasteiger partial charge on any atom is -0.496 e. The second-order valence-electron chi connectivity index (χ2n) is 6.23. The smallest absolute Gasteiger partial charge is 0.122 e. The number of H-pyrrole nitrogens is 1. The second kappa shape index (κ2) is 5.50. The summed E-state index contributed by atoms with van der Waals surface area (Å²) in [5, 5.41) is 1.19. The van der Waals surface area contributed by atoms with Crippen LogP contribution in [0.3, 0.4) is 0 Å². The van der Waals surface area contributed by atoms with Crippen molar-refractivity contribution < 1.29 is 4.74 Å². The average Bonchev–Trinajstić information content (AvgIpc) is 2.85. The summed E-state index contributed by atoms with van der Waals surface area (Å²) in [6.07, 6.45) is 0.772. The molecule has 0 bridgehead atoms. The van der Waals surface area contributed by atoms with Crippen molar-refractivity contribution in [3.05, 3.63) is 65.4 Å². The first-order valence-corrected chi connectivity index (χ1v) is 7.51. The molecule has 3 rings (SSSR count). The molecule has 3 aromatic rings. The second-order valence-corrected chi connectivity index (χ2v) is 6.23. The third-order valence-electron chi connectivity index (χ3n) is 3.99. The molecule has 0 saturated heterocycles. The number of hydrogen-bond donors (Lipinski definition) is 2. The highest BCUT2D eigenvalue weighted by molar-refractivity contribution is 5.85. The molecule has 22 heavy (non-hydrogen) atoms. The lowest BCUT2D eigenvalue weighted by atomic mass is 9.90. The molecule has 0 radical (unpaired) electrons. The zero-order valence-corrected chi connectivity index (χ0v) is 13.3. The van der Waals surface area contributed by atoms with Crippen LogP contribution in [0.5, 0.6) is 5.75 Å². The summed E-state index contributed by atoms with van der Waals surface area (Å²) < 4.78 is 5.47. The van der Waals surface area contributed by atoms with Crippen LogP contribution in [0.15, 0.2) is 48.5 Å². The van der Waals surface area contributed by atoms with Crippen LogP contribution in [0.2, 0.25) is 0 Å². The van der Waals surface area contributed by atoms with Gasteiger partial charge in [0.15, 0.2) is 0 Å². The van der Waals surface area contributed by atoms with Crippen molar-refractivity contribution >= 4 is 10.9 Å². The van der Waals surface area contributed by atoms with Gasteiger partial charge >= 0.3 is 0 Å². The average molecular weight is 294 g/mol. The van der Waals surface area contributed by atoms with Crippen LogP contribution in [-0.4, -0.2) is 12.1 Å². The van der Waals surface area contributed by atoms with E-state index in [1.807, 2.05) is 38.1 Å². The van der Waals surface area contributed by atoms with E-state index in [0.29, 0.717) is 0 Å². The molecule has 1 aromatic heterocycles. The van der Waals surface area contributed by atoms with Gasteiger partial charge in [0.1, 0.15) is 5.75 Å². The molecular weight excluding hydrogens is 272 g/mol. The summed E-state index contributed by atoms with van der Waals surface area (Å²) in [5.41, 5.74) is 10.6. The third-order valence-corrected chi connectivity index (χ3v) is 3.99. The van der Waals surface area contributed by atoms with Crippen LogP contribution in [0.4, 0.5) is 0 Å². The van der Waals surface area contributed by atoms with Crippen LogP contribution in [0.1, 0.15) is 30.7 Å². The van der Waals surface area contributed by atoms with Crippen LogP contribution < -0.4 is 10.5 Å². The third kappa shape index (κ3) is 2.60. The minimum absolute atomic E-state index is 0.406. The van der Waals surface area contributed by atoms with Crippen molar-refractivity contribution in [1.82, 2.24) is 4.98 Å². The summed E-state index contributed by atoms with van der Waals surface area (Å²) in [6.45, 7) is 4.10. The predicted molar refractivity (Wildman–Crippen MR) is 91.3 cm³/mol. The highest BCUT2D eigenvalue weighted by Gasteiger charge is 2.24. The van der Waals surface area contributed by atoms with E-state index in [1.165, 1.54) is 10.9 Å². The molecule has 0 fully saturated rings. The number of fused-ring (bicyclic) bond motifs is 1. The Morgan fingerprint density at radius 2 is 1.73 bits per heavy atom. The number of para-hydroxylation sites is 2. The molecule has 0 aliphatic heterocycles.